The Hall–Kier alpha value is -0.433. The Morgan fingerprint density at radius 2 is 1.76 bits per heavy atom. The molecule has 0 unspecified atom stereocenters. The summed E-state index contributed by atoms with van der Waals surface area (Å²) in [6.45, 7) is -0.567. The third-order valence-corrected chi connectivity index (χ3v) is 2.61. The van der Waals surface area contributed by atoms with Crippen molar-refractivity contribution in [3.63, 3.8) is 0 Å². The van der Waals surface area contributed by atoms with E-state index >= 15 is 0 Å². The zero-order chi connectivity index (χ0) is 15.7. The monoisotopic (exact) mass is 447 g/mol. The number of aliphatic carboxylic acids is 2. The number of nitrogens with one attached hydrogen (secondary N) is 2. The van der Waals surface area contributed by atoms with Crippen molar-refractivity contribution in [1.29, 1.82) is 0 Å². The summed E-state index contributed by atoms with van der Waals surface area (Å²) in [6.07, 6.45) is -0.235. The van der Waals surface area contributed by atoms with Crippen molar-refractivity contribution >= 4 is 36.4 Å². The van der Waals surface area contributed by atoms with Gasteiger partial charge in [-0.15, -0.1) is 0 Å². The second-order valence-electron chi connectivity index (χ2n) is 3.90. The van der Waals surface area contributed by atoms with Gasteiger partial charge in [0.1, 0.15) is 18.6 Å². The van der Waals surface area contributed by atoms with E-state index in [0.717, 1.165) is 0 Å². The first-order valence-electron chi connectivity index (χ1n) is 5.66. The predicted octanol–water partition coefficient (Wildman–Crippen LogP) is -2.21. The first kappa shape index (κ1) is 22.8. The normalized spacial score (nSPS) is 12.5. The molecule has 0 rings (SSSR count). The molecule has 0 saturated carbocycles. The van der Waals surface area contributed by atoms with Crippen molar-refractivity contribution in [3.05, 3.63) is 0 Å². The predicted molar refractivity (Wildman–Crippen MR) is 71.3 cm³/mol. The van der Waals surface area contributed by atoms with E-state index in [0.29, 0.717) is 0 Å². The fourth-order valence-corrected chi connectivity index (χ4v) is 1.41. The van der Waals surface area contributed by atoms with Crippen molar-refractivity contribution in [2.75, 3.05) is 12.3 Å². The van der Waals surface area contributed by atoms with Gasteiger partial charge in [-0.1, -0.05) is 0 Å². The molecule has 0 aliphatic heterocycles. The van der Waals surface area contributed by atoms with Gasteiger partial charge in [-0.3, -0.25) is 19.2 Å². The third-order valence-electron chi connectivity index (χ3n) is 2.25. The summed E-state index contributed by atoms with van der Waals surface area (Å²) < 4.78 is 0. The van der Waals surface area contributed by atoms with Gasteiger partial charge in [0.05, 0.1) is 0 Å². The molecule has 21 heavy (non-hydrogen) atoms. The second kappa shape index (κ2) is 12.1. The SMILES string of the molecule is N[C@@H](CCC(=O)N[C@@H](CS)C(=O)NCC(=O)O)C(=O)O.[Ce]. The van der Waals surface area contributed by atoms with E-state index in [1.54, 1.807) is 0 Å². The van der Waals surface area contributed by atoms with Crippen molar-refractivity contribution in [2.45, 2.75) is 24.9 Å². The Kier molecular flexibility index (Phi) is 13.2. The maximum atomic E-state index is 11.5. The van der Waals surface area contributed by atoms with E-state index in [9.17, 15) is 19.2 Å². The van der Waals surface area contributed by atoms with Crippen LogP contribution in [0.5, 0.6) is 0 Å². The average molecular weight is 447 g/mol. The van der Waals surface area contributed by atoms with Crippen molar-refractivity contribution in [3.8, 4) is 0 Å². The summed E-state index contributed by atoms with van der Waals surface area (Å²) >= 11 is 3.87. The standard InChI is InChI=1S/C10H17N3O6S.Ce/c11-5(10(18)19)1-2-7(14)13-6(4-20)9(17)12-3-8(15)16;/h5-6,20H,1-4,11H2,(H,12,17)(H,13,14)(H,15,16)(H,18,19);/t5-,6-;/m0./s1. The molecule has 0 saturated heterocycles. The minimum atomic E-state index is -1.22. The molecule has 11 heteroatoms. The van der Waals surface area contributed by atoms with Gasteiger partial charge in [0, 0.05) is 53.9 Å². The summed E-state index contributed by atoms with van der Waals surface area (Å²) in [4.78, 5) is 43.7. The second-order valence-corrected chi connectivity index (χ2v) is 4.26. The molecule has 0 aromatic rings. The fourth-order valence-electron chi connectivity index (χ4n) is 1.16. The number of amides is 2. The summed E-state index contributed by atoms with van der Waals surface area (Å²) in [5, 5.41) is 21.4. The van der Waals surface area contributed by atoms with Crippen molar-refractivity contribution < 1.29 is 71.1 Å². The van der Waals surface area contributed by atoms with E-state index in [-0.39, 0.29) is 60.3 Å². The zero-order valence-corrected chi connectivity index (χ0v) is 15.1. The Morgan fingerprint density at radius 1 is 1.19 bits per heavy atom. The number of carbonyl (C=O) groups excluding carboxylic acids is 2. The van der Waals surface area contributed by atoms with Gasteiger partial charge in [0.2, 0.25) is 11.8 Å². The van der Waals surface area contributed by atoms with Crippen molar-refractivity contribution in [2.24, 2.45) is 5.73 Å². The smallest absolute Gasteiger partial charge is 0.322 e. The molecule has 0 radical (unpaired) electrons. The number of carboxylic acids is 2. The van der Waals surface area contributed by atoms with Crippen LogP contribution in [0.4, 0.5) is 0 Å². The molecule has 9 nitrogen and oxygen atoms in total. The molecule has 2 atom stereocenters. The minimum absolute atomic E-state index is 0. The number of carboxylic acid groups (broad SMARTS) is 2. The van der Waals surface area contributed by atoms with Crippen LogP contribution in [0.15, 0.2) is 0 Å². The first-order valence-corrected chi connectivity index (χ1v) is 6.29. The van der Waals surface area contributed by atoms with Crippen LogP contribution >= 0.6 is 12.6 Å². The first-order chi connectivity index (χ1) is 9.27. The van der Waals surface area contributed by atoms with Crippen LogP contribution in [0.25, 0.3) is 0 Å². The Morgan fingerprint density at radius 3 is 2.19 bits per heavy atom. The largest absolute Gasteiger partial charge is 0.480 e. The Labute approximate surface area is 160 Å². The summed E-state index contributed by atoms with van der Waals surface area (Å²) in [7, 11) is 0. The van der Waals surface area contributed by atoms with Crippen LogP contribution in [0.2, 0.25) is 0 Å². The number of hydrogen-bond acceptors (Lipinski definition) is 6. The van der Waals surface area contributed by atoms with Gasteiger partial charge in [-0.05, 0) is 6.42 Å². The van der Waals surface area contributed by atoms with E-state index in [1.165, 1.54) is 0 Å². The molecule has 0 aliphatic rings. The molecular weight excluding hydrogens is 430 g/mol. The van der Waals surface area contributed by atoms with Gasteiger partial charge in [0.15, 0.2) is 0 Å². The van der Waals surface area contributed by atoms with Gasteiger partial charge >= 0.3 is 11.9 Å². The molecule has 0 heterocycles. The number of rotatable bonds is 9. The number of thiol groups is 1. The van der Waals surface area contributed by atoms with E-state index in [2.05, 4.69) is 23.3 Å². The molecule has 0 aliphatic carbocycles. The average Bonchev–Trinajstić information content (AvgIpc) is 2.38. The minimum Gasteiger partial charge on any atom is -0.480 e. The Bertz CT molecular complexity index is 395. The van der Waals surface area contributed by atoms with Gasteiger partial charge in [-0.2, -0.15) is 12.6 Å². The third kappa shape index (κ3) is 10.9. The van der Waals surface area contributed by atoms with Crippen LogP contribution in [0, 0.1) is 41.7 Å². The van der Waals surface area contributed by atoms with Gasteiger partial charge in [0.25, 0.3) is 0 Å². The zero-order valence-electron chi connectivity index (χ0n) is 11.0. The molecule has 0 aromatic carbocycles. The van der Waals surface area contributed by atoms with Crippen molar-refractivity contribution in [1.82, 2.24) is 10.6 Å². The number of hydrogen-bond donors (Lipinski definition) is 6. The van der Waals surface area contributed by atoms with Gasteiger partial charge < -0.3 is 26.6 Å². The molecule has 2 amide bonds. The molecule has 118 valence electrons. The molecule has 6 N–H and O–H groups in total. The van der Waals surface area contributed by atoms with E-state index in [1.807, 2.05) is 0 Å². The van der Waals surface area contributed by atoms with Crippen LogP contribution in [-0.2, 0) is 19.2 Å². The van der Waals surface area contributed by atoms with Crippen LogP contribution in [0.3, 0.4) is 0 Å². The molecule has 0 fully saturated rings. The van der Waals surface area contributed by atoms with Gasteiger partial charge in [-0.25, -0.2) is 0 Å². The van der Waals surface area contributed by atoms with Crippen LogP contribution in [0.1, 0.15) is 12.8 Å². The summed E-state index contributed by atoms with van der Waals surface area (Å²) in [6, 6.07) is -2.15. The maximum absolute atomic E-state index is 11.5. The maximum Gasteiger partial charge on any atom is 0.322 e. The number of carbonyl (C=O) groups is 4. The molecule has 0 bridgehead atoms. The summed E-state index contributed by atoms with van der Waals surface area (Å²) in [5.41, 5.74) is 5.23. The summed E-state index contributed by atoms with van der Waals surface area (Å²) in [5.74, 6) is -3.70. The molecule has 0 aromatic heterocycles. The molecular formula is C10H17CeN3O6S. The quantitative estimate of drug-likeness (QED) is 0.219. The Balaban J connectivity index is 0. The topological polar surface area (TPSA) is 159 Å². The van der Waals surface area contributed by atoms with E-state index in [4.69, 9.17) is 15.9 Å². The van der Waals surface area contributed by atoms with Crippen LogP contribution < -0.4 is 16.4 Å². The van der Waals surface area contributed by atoms with Crippen LogP contribution in [-0.4, -0.2) is 58.3 Å². The van der Waals surface area contributed by atoms with E-state index < -0.39 is 42.4 Å². The fraction of sp³-hybridized carbons (Fsp3) is 0.600. The molecule has 0 spiro atoms. The number of nitrogens with two attached hydrogens (primary N) is 1.